The number of halogens is 2. The Morgan fingerprint density at radius 2 is 1.97 bits per heavy atom. The minimum atomic E-state index is -0.590. The van der Waals surface area contributed by atoms with E-state index in [1.54, 1.807) is 28.2 Å². The van der Waals surface area contributed by atoms with Crippen molar-refractivity contribution in [2.75, 3.05) is 0 Å². The van der Waals surface area contributed by atoms with Crippen LogP contribution in [0.2, 0.25) is 5.02 Å². The summed E-state index contributed by atoms with van der Waals surface area (Å²) in [6.45, 7) is 0. The van der Waals surface area contributed by atoms with Crippen LogP contribution in [0.1, 0.15) is 52.7 Å². The lowest BCUT2D eigenvalue weighted by atomic mass is 9.88. The number of pyridine rings is 1. The van der Waals surface area contributed by atoms with Gasteiger partial charge in [-0.1, -0.05) is 23.7 Å². The predicted octanol–water partition coefficient (Wildman–Crippen LogP) is 5.66. The second kappa shape index (κ2) is 8.09. The molecule has 1 saturated carbocycles. The molecule has 194 valence electrons. The molecular weight excluding hydrogens is 537 g/mol. The largest absolute Gasteiger partial charge is 0.346 e. The number of hydrogen-bond donors (Lipinski definition) is 2. The van der Waals surface area contributed by atoms with Gasteiger partial charge >= 0.3 is 0 Å². The first-order valence-corrected chi connectivity index (χ1v) is 14.1. The summed E-state index contributed by atoms with van der Waals surface area (Å²) in [5, 5.41) is 3.18. The number of benzene rings is 2. The second-order valence-corrected chi connectivity index (χ2v) is 12.0. The third-order valence-corrected chi connectivity index (χ3v) is 9.41. The number of H-pyrrole nitrogens is 1. The van der Waals surface area contributed by atoms with Gasteiger partial charge in [0.05, 0.1) is 44.2 Å². The van der Waals surface area contributed by atoms with Crippen molar-refractivity contribution in [2.24, 2.45) is 0 Å². The molecule has 2 aromatic carbocycles. The van der Waals surface area contributed by atoms with Crippen LogP contribution >= 0.6 is 22.9 Å². The van der Waals surface area contributed by atoms with Crippen molar-refractivity contribution in [3.8, 4) is 22.4 Å². The Morgan fingerprint density at radius 3 is 2.82 bits per heavy atom. The Balaban J connectivity index is 1.27. The van der Waals surface area contributed by atoms with Gasteiger partial charge in [0, 0.05) is 34.0 Å². The van der Waals surface area contributed by atoms with Gasteiger partial charge in [-0.3, -0.25) is 9.59 Å². The van der Waals surface area contributed by atoms with E-state index >= 15 is 4.39 Å². The van der Waals surface area contributed by atoms with Crippen LogP contribution in [0.3, 0.4) is 0 Å². The van der Waals surface area contributed by atoms with E-state index in [2.05, 4.69) is 20.3 Å². The van der Waals surface area contributed by atoms with Crippen LogP contribution in [0.4, 0.5) is 4.39 Å². The predicted molar refractivity (Wildman–Crippen MR) is 148 cm³/mol. The number of imidazole rings is 1. The van der Waals surface area contributed by atoms with E-state index in [-0.39, 0.29) is 33.6 Å². The summed E-state index contributed by atoms with van der Waals surface area (Å²) in [6, 6.07) is 10.4. The Hall–Kier alpha value is -3.82. The molecule has 10 heteroatoms. The zero-order chi connectivity index (χ0) is 26.5. The van der Waals surface area contributed by atoms with Crippen LogP contribution in [0.5, 0.6) is 0 Å². The molecule has 3 aliphatic rings. The van der Waals surface area contributed by atoms with Gasteiger partial charge in [-0.05, 0) is 55.9 Å². The molecule has 2 N–H and O–H groups in total. The lowest BCUT2D eigenvalue weighted by molar-refractivity contribution is 0.0929. The highest BCUT2D eigenvalue weighted by atomic mass is 35.5. The van der Waals surface area contributed by atoms with Crippen molar-refractivity contribution >= 4 is 39.1 Å². The van der Waals surface area contributed by atoms with Gasteiger partial charge in [0.25, 0.3) is 11.5 Å². The molecule has 1 amide bonds. The smallest absolute Gasteiger partial charge is 0.254 e. The molecule has 1 atom stereocenters. The minimum absolute atomic E-state index is 0.0250. The van der Waals surface area contributed by atoms with Crippen LogP contribution in [0, 0.1) is 5.82 Å². The molecule has 7 nitrogen and oxygen atoms in total. The topological polar surface area (TPSA) is 92.7 Å². The molecule has 0 unspecified atom stereocenters. The molecule has 1 aliphatic carbocycles. The zero-order valence-corrected chi connectivity index (χ0v) is 22.1. The number of carbonyl (C=O) groups is 1. The van der Waals surface area contributed by atoms with Crippen LogP contribution in [0.15, 0.2) is 52.9 Å². The average molecular weight is 558 g/mol. The first-order valence-electron chi connectivity index (χ1n) is 12.9. The van der Waals surface area contributed by atoms with E-state index in [9.17, 15) is 9.59 Å². The second-order valence-electron chi connectivity index (χ2n) is 10.7. The lowest BCUT2D eigenvalue weighted by Crippen LogP contribution is -2.41. The number of thiazole rings is 1. The van der Waals surface area contributed by atoms with Gasteiger partial charge in [-0.25, -0.2) is 14.4 Å². The van der Waals surface area contributed by atoms with E-state index in [0.717, 1.165) is 39.9 Å². The average Bonchev–Trinajstić information content (AvgIpc) is 3.31. The number of amides is 1. The van der Waals surface area contributed by atoms with Crippen molar-refractivity contribution in [3.05, 3.63) is 91.9 Å². The molecule has 5 heterocycles. The summed E-state index contributed by atoms with van der Waals surface area (Å²) in [5.41, 5.74) is 6.11. The number of aromatic nitrogens is 4. The number of aromatic amines is 1. The van der Waals surface area contributed by atoms with Crippen molar-refractivity contribution in [1.82, 2.24) is 24.8 Å². The quantitative estimate of drug-likeness (QED) is 0.293. The summed E-state index contributed by atoms with van der Waals surface area (Å²) >= 11 is 7.78. The highest BCUT2D eigenvalue weighted by Crippen LogP contribution is 2.46. The first-order chi connectivity index (χ1) is 18.9. The molecule has 1 spiro atoms. The fourth-order valence-electron chi connectivity index (χ4n) is 6.25. The van der Waals surface area contributed by atoms with Gasteiger partial charge in [-0.15, -0.1) is 11.3 Å². The maximum atomic E-state index is 15.5. The summed E-state index contributed by atoms with van der Waals surface area (Å²) < 4.78 is 18.3. The van der Waals surface area contributed by atoms with Crippen molar-refractivity contribution in [1.29, 1.82) is 0 Å². The summed E-state index contributed by atoms with van der Waals surface area (Å²) in [4.78, 5) is 39.8. The standard InChI is InChI=1S/C29H21ClFN5O2S/c30-17-3-1-15-11-29(7-8-29)35-28(38)25-16(24(15)26(17)31)10-23(37)36-20(25)4-5-21(36)27-32-12-19(34-27)14-2-6-22-18(9-14)33-13-39-22/h1-3,6,9-10,12-13,21H,4-5,7-8,11H2,(H,32,34)(H,35,38)/t21-/m1/s1. The Labute approximate surface area is 230 Å². The number of fused-ring (bicyclic) bond motifs is 6. The fraction of sp³-hybridized carbons (Fsp3) is 0.241. The SMILES string of the molecule is O=C1NC2(CC2)Cc2ccc(Cl)c(F)c2-c2cc(=O)n3c(c21)CC[C@@H]3c1ncc(-c2ccc3scnc3c2)[nH]1. The molecular formula is C29H21ClFN5O2S. The molecule has 0 bridgehead atoms. The van der Waals surface area contributed by atoms with Crippen LogP contribution < -0.4 is 10.9 Å². The van der Waals surface area contributed by atoms with Gasteiger partial charge in [-0.2, -0.15) is 0 Å². The van der Waals surface area contributed by atoms with Gasteiger partial charge < -0.3 is 14.9 Å². The van der Waals surface area contributed by atoms with Gasteiger partial charge in [0.15, 0.2) is 0 Å². The molecule has 8 rings (SSSR count). The third-order valence-electron chi connectivity index (χ3n) is 8.31. The first kappa shape index (κ1) is 23.1. The normalized spacial score (nSPS) is 18.8. The molecule has 39 heavy (non-hydrogen) atoms. The number of nitrogens with zero attached hydrogens (tertiary/aromatic N) is 3. The van der Waals surface area contributed by atoms with Gasteiger partial charge in [0.1, 0.15) is 11.6 Å². The lowest BCUT2D eigenvalue weighted by Gasteiger charge is -2.27. The van der Waals surface area contributed by atoms with Crippen molar-refractivity contribution in [2.45, 2.75) is 43.7 Å². The monoisotopic (exact) mass is 557 g/mol. The van der Waals surface area contributed by atoms with Crippen LogP contribution in [-0.4, -0.2) is 31.0 Å². The van der Waals surface area contributed by atoms with Crippen LogP contribution in [-0.2, 0) is 12.8 Å². The maximum absolute atomic E-state index is 15.5. The zero-order valence-electron chi connectivity index (χ0n) is 20.6. The maximum Gasteiger partial charge on any atom is 0.254 e. The number of rotatable bonds is 2. The van der Waals surface area contributed by atoms with Gasteiger partial charge in [0.2, 0.25) is 0 Å². The van der Waals surface area contributed by atoms with E-state index in [0.29, 0.717) is 41.9 Å². The van der Waals surface area contributed by atoms with Crippen molar-refractivity contribution in [3.63, 3.8) is 0 Å². The fourth-order valence-corrected chi connectivity index (χ4v) is 7.06. The molecule has 2 aliphatic heterocycles. The Bertz CT molecular complexity index is 1920. The molecule has 3 aromatic heterocycles. The summed E-state index contributed by atoms with van der Waals surface area (Å²) in [6.07, 6.45) is 5.00. The Kier molecular flexibility index (Phi) is 4.79. The summed E-state index contributed by atoms with van der Waals surface area (Å²) in [7, 11) is 0. The summed E-state index contributed by atoms with van der Waals surface area (Å²) in [5.74, 6) is -0.218. The van der Waals surface area contributed by atoms with Crippen LogP contribution in [0.25, 0.3) is 32.6 Å². The molecule has 1 fully saturated rings. The van der Waals surface area contributed by atoms with Crippen molar-refractivity contribution < 1.29 is 9.18 Å². The highest BCUT2D eigenvalue weighted by molar-refractivity contribution is 7.16. The van der Waals surface area contributed by atoms with E-state index < -0.39 is 5.82 Å². The molecule has 0 radical (unpaired) electrons. The number of nitrogens with one attached hydrogen (secondary N) is 2. The minimum Gasteiger partial charge on any atom is -0.346 e. The molecule has 5 aromatic rings. The number of hydrogen-bond acceptors (Lipinski definition) is 5. The third kappa shape index (κ3) is 3.46. The number of carbonyl (C=O) groups excluding carboxylic acids is 1. The molecule has 0 saturated heterocycles. The van der Waals surface area contributed by atoms with E-state index in [1.807, 2.05) is 29.8 Å². The highest BCUT2D eigenvalue weighted by Gasteiger charge is 2.47. The Morgan fingerprint density at radius 1 is 1.10 bits per heavy atom. The van der Waals surface area contributed by atoms with E-state index in [4.69, 9.17) is 11.6 Å². The van der Waals surface area contributed by atoms with E-state index in [1.165, 1.54) is 6.07 Å².